The molecular weight excluding hydrogens is 667 g/mol. The maximum absolute atomic E-state index is 5.32. The minimum Gasteiger partial charge on any atom is -0.208 e. The summed E-state index contributed by atoms with van der Waals surface area (Å²) < 4.78 is 0. The van der Waals surface area contributed by atoms with Crippen LogP contribution in [0.3, 0.4) is 0 Å². The smallest absolute Gasteiger partial charge is 0.164 e. The summed E-state index contributed by atoms with van der Waals surface area (Å²) in [7, 11) is 0. The highest BCUT2D eigenvalue weighted by molar-refractivity contribution is 5.91. The molecule has 274 valence electrons. The third-order valence-electron chi connectivity index (χ3n) is 11.6. The molecule has 0 radical (unpaired) electrons. The average molecular weight is 718 g/mol. The Hall–Kier alpha value is -5.67. The van der Waals surface area contributed by atoms with E-state index in [-0.39, 0.29) is 5.41 Å². The molecule has 3 nitrogen and oxygen atoms in total. The molecule has 0 atom stereocenters. The first-order valence-corrected chi connectivity index (χ1v) is 20.5. The predicted octanol–water partition coefficient (Wildman–Crippen LogP) is 14.4. The van der Waals surface area contributed by atoms with Crippen molar-refractivity contribution in [2.75, 3.05) is 0 Å². The van der Waals surface area contributed by atoms with Crippen LogP contribution < -0.4 is 0 Å². The summed E-state index contributed by atoms with van der Waals surface area (Å²) in [6, 6.07) is 54.4. The minimum absolute atomic E-state index is 0.0113. The Morgan fingerprint density at radius 1 is 0.345 bits per heavy atom. The summed E-state index contributed by atoms with van der Waals surface area (Å²) >= 11 is 0. The van der Waals surface area contributed by atoms with Crippen LogP contribution in [0.4, 0.5) is 0 Å². The van der Waals surface area contributed by atoms with Gasteiger partial charge in [0.2, 0.25) is 0 Å². The molecule has 8 rings (SSSR count). The van der Waals surface area contributed by atoms with Crippen LogP contribution in [0.15, 0.2) is 152 Å². The van der Waals surface area contributed by atoms with Crippen molar-refractivity contribution in [3.8, 4) is 67.5 Å². The Kier molecular flexibility index (Phi) is 11.1. The van der Waals surface area contributed by atoms with Gasteiger partial charge in [-0.05, 0) is 57.3 Å². The standard InChI is InChI=1S/C52H51N3/c1-3-5-7-17-36-52(37-18-8-6-4-2)46-26-16-15-24-44(46)48-45(25-19-27-47(48)52)51-54-49(42-32-28-40(29-33-42)38-20-11-9-12-21-38)53-50(55-51)43-34-30-41(31-35-43)39-22-13-10-14-23-39/h9-16,19-35H,3-8,17-18,36-37H2,1-2H3. The molecule has 3 heteroatoms. The van der Waals surface area contributed by atoms with E-state index in [9.17, 15) is 0 Å². The molecule has 0 saturated heterocycles. The third kappa shape index (κ3) is 7.54. The van der Waals surface area contributed by atoms with Gasteiger partial charge < -0.3 is 0 Å². The Balaban J connectivity index is 1.27. The van der Waals surface area contributed by atoms with Crippen molar-refractivity contribution in [3.63, 3.8) is 0 Å². The highest BCUT2D eigenvalue weighted by atomic mass is 15.0. The molecular formula is C52H51N3. The van der Waals surface area contributed by atoms with E-state index in [1.54, 1.807) is 0 Å². The van der Waals surface area contributed by atoms with Crippen molar-refractivity contribution in [3.05, 3.63) is 163 Å². The van der Waals surface area contributed by atoms with Crippen LogP contribution in [0.1, 0.15) is 89.2 Å². The SMILES string of the molecule is CCCCCCC1(CCCCCC)c2ccccc2-c2c(-c3nc(-c4ccc(-c5ccccc5)cc4)nc(-c4ccc(-c5ccccc5)cc4)n3)cccc21. The molecule has 0 aliphatic heterocycles. The van der Waals surface area contributed by atoms with Gasteiger partial charge in [-0.1, -0.05) is 217 Å². The summed E-state index contributed by atoms with van der Waals surface area (Å²) in [5, 5.41) is 0. The first-order valence-electron chi connectivity index (χ1n) is 20.5. The molecule has 0 saturated carbocycles. The summed E-state index contributed by atoms with van der Waals surface area (Å²) in [6.45, 7) is 4.61. The first kappa shape index (κ1) is 36.3. The molecule has 6 aromatic carbocycles. The second kappa shape index (κ2) is 16.8. The Labute approximate surface area is 327 Å². The number of fused-ring (bicyclic) bond motifs is 3. The summed E-state index contributed by atoms with van der Waals surface area (Å²) in [4.78, 5) is 15.8. The largest absolute Gasteiger partial charge is 0.208 e. The average Bonchev–Trinajstić information content (AvgIpc) is 3.54. The number of hydrogen-bond acceptors (Lipinski definition) is 3. The molecule has 0 amide bonds. The number of aromatic nitrogens is 3. The molecule has 0 N–H and O–H groups in total. The molecule has 0 fully saturated rings. The van der Waals surface area contributed by atoms with E-state index in [1.807, 2.05) is 0 Å². The van der Waals surface area contributed by atoms with E-state index >= 15 is 0 Å². The zero-order chi connectivity index (χ0) is 37.5. The van der Waals surface area contributed by atoms with Crippen LogP contribution >= 0.6 is 0 Å². The molecule has 55 heavy (non-hydrogen) atoms. The van der Waals surface area contributed by atoms with Crippen molar-refractivity contribution in [1.29, 1.82) is 0 Å². The number of hydrogen-bond donors (Lipinski definition) is 0. The van der Waals surface area contributed by atoms with Crippen molar-refractivity contribution >= 4 is 0 Å². The van der Waals surface area contributed by atoms with Crippen LogP contribution in [0.2, 0.25) is 0 Å². The number of nitrogens with zero attached hydrogens (tertiary/aromatic N) is 3. The number of benzene rings is 6. The molecule has 1 aromatic heterocycles. The molecule has 0 spiro atoms. The van der Waals surface area contributed by atoms with Gasteiger partial charge in [-0.3, -0.25) is 0 Å². The fourth-order valence-electron chi connectivity index (χ4n) is 8.70. The highest BCUT2D eigenvalue weighted by Crippen LogP contribution is 2.56. The normalized spacial score (nSPS) is 12.7. The van der Waals surface area contributed by atoms with Crippen molar-refractivity contribution < 1.29 is 0 Å². The van der Waals surface area contributed by atoms with Crippen molar-refractivity contribution in [2.24, 2.45) is 0 Å². The van der Waals surface area contributed by atoms with Crippen LogP contribution in [0.5, 0.6) is 0 Å². The zero-order valence-corrected chi connectivity index (χ0v) is 32.3. The lowest BCUT2D eigenvalue weighted by Gasteiger charge is -2.33. The topological polar surface area (TPSA) is 38.7 Å². The van der Waals surface area contributed by atoms with Crippen molar-refractivity contribution in [1.82, 2.24) is 15.0 Å². The van der Waals surface area contributed by atoms with E-state index in [1.165, 1.54) is 109 Å². The maximum Gasteiger partial charge on any atom is 0.164 e. The van der Waals surface area contributed by atoms with Gasteiger partial charge in [-0.2, -0.15) is 0 Å². The molecule has 1 heterocycles. The minimum atomic E-state index is -0.0113. The summed E-state index contributed by atoms with van der Waals surface area (Å²) in [6.07, 6.45) is 12.4. The second-order valence-electron chi connectivity index (χ2n) is 15.2. The molecule has 0 unspecified atom stereocenters. The molecule has 0 bridgehead atoms. The Bertz CT molecular complexity index is 2210. The van der Waals surface area contributed by atoms with Gasteiger partial charge in [0, 0.05) is 22.1 Å². The lowest BCUT2D eigenvalue weighted by Crippen LogP contribution is -2.25. The second-order valence-corrected chi connectivity index (χ2v) is 15.2. The third-order valence-corrected chi connectivity index (χ3v) is 11.6. The highest BCUT2D eigenvalue weighted by Gasteiger charge is 2.43. The molecule has 1 aliphatic carbocycles. The van der Waals surface area contributed by atoms with Crippen LogP contribution in [0, 0.1) is 0 Å². The van der Waals surface area contributed by atoms with E-state index in [2.05, 4.69) is 166 Å². The fourth-order valence-corrected chi connectivity index (χ4v) is 8.70. The molecule has 1 aliphatic rings. The van der Waals surface area contributed by atoms with E-state index in [0.717, 1.165) is 22.5 Å². The van der Waals surface area contributed by atoms with Gasteiger partial charge in [-0.25, -0.2) is 15.0 Å². The van der Waals surface area contributed by atoms with Crippen LogP contribution in [0.25, 0.3) is 67.5 Å². The van der Waals surface area contributed by atoms with Gasteiger partial charge in [0.05, 0.1) is 0 Å². The quantitative estimate of drug-likeness (QED) is 0.0991. The summed E-state index contributed by atoms with van der Waals surface area (Å²) in [5.74, 6) is 2.08. The van der Waals surface area contributed by atoms with Gasteiger partial charge in [0.25, 0.3) is 0 Å². The van der Waals surface area contributed by atoms with E-state index in [4.69, 9.17) is 15.0 Å². The van der Waals surface area contributed by atoms with Gasteiger partial charge in [0.1, 0.15) is 0 Å². The van der Waals surface area contributed by atoms with Gasteiger partial charge in [0.15, 0.2) is 17.5 Å². The first-order chi connectivity index (χ1) is 27.2. The zero-order valence-electron chi connectivity index (χ0n) is 32.3. The van der Waals surface area contributed by atoms with E-state index < -0.39 is 0 Å². The lowest BCUT2D eigenvalue weighted by molar-refractivity contribution is 0.401. The van der Waals surface area contributed by atoms with E-state index in [0.29, 0.717) is 11.6 Å². The Morgan fingerprint density at radius 2 is 0.764 bits per heavy atom. The van der Waals surface area contributed by atoms with Gasteiger partial charge >= 0.3 is 0 Å². The number of unbranched alkanes of at least 4 members (excludes halogenated alkanes) is 6. The molecule has 7 aromatic rings. The Morgan fingerprint density at radius 3 is 1.29 bits per heavy atom. The summed E-state index contributed by atoms with van der Waals surface area (Å²) in [5.41, 5.74) is 13.3. The van der Waals surface area contributed by atoms with Crippen LogP contribution in [-0.2, 0) is 5.41 Å². The van der Waals surface area contributed by atoms with Crippen LogP contribution in [-0.4, -0.2) is 15.0 Å². The fraction of sp³-hybridized carbons (Fsp3) is 0.250. The maximum atomic E-state index is 5.32. The predicted molar refractivity (Wildman–Crippen MR) is 231 cm³/mol. The van der Waals surface area contributed by atoms with Crippen molar-refractivity contribution in [2.45, 2.75) is 83.5 Å². The van der Waals surface area contributed by atoms with Gasteiger partial charge in [-0.15, -0.1) is 0 Å². The monoisotopic (exact) mass is 717 g/mol. The number of rotatable bonds is 15. The lowest BCUT2D eigenvalue weighted by atomic mass is 9.70.